The first-order chi connectivity index (χ1) is 19.7. The number of morpholine rings is 1. The maximum Gasteiger partial charge on any atom is 0.231 e. The minimum Gasteiger partial charge on any atom is -0.454 e. The van der Waals surface area contributed by atoms with E-state index in [1.54, 1.807) is 6.33 Å². The Labute approximate surface area is 230 Å². The van der Waals surface area contributed by atoms with E-state index >= 15 is 0 Å². The second-order valence-electron chi connectivity index (χ2n) is 9.95. The summed E-state index contributed by atoms with van der Waals surface area (Å²) in [6, 6.07) is 13.9. The fourth-order valence-corrected chi connectivity index (χ4v) is 5.24. The zero-order valence-corrected chi connectivity index (χ0v) is 22.0. The van der Waals surface area contributed by atoms with Crippen molar-refractivity contribution in [3.63, 3.8) is 0 Å². The number of hydrogen-bond donors (Lipinski definition) is 2. The Hall–Kier alpha value is -4.58. The van der Waals surface area contributed by atoms with E-state index in [0.717, 1.165) is 56.3 Å². The number of nitrogens with zero attached hydrogens (tertiary/aromatic N) is 6. The Balaban J connectivity index is 1.18. The van der Waals surface area contributed by atoms with Gasteiger partial charge in [0.2, 0.25) is 18.6 Å². The van der Waals surface area contributed by atoms with Crippen LogP contribution in [0.2, 0.25) is 0 Å². The molecule has 1 amide bonds. The number of imidazole rings is 1. The molecule has 4 aromatic rings. The molecule has 2 saturated heterocycles. The first kappa shape index (κ1) is 24.5. The van der Waals surface area contributed by atoms with Gasteiger partial charge in [0.15, 0.2) is 28.5 Å². The summed E-state index contributed by atoms with van der Waals surface area (Å²) >= 11 is 0. The number of carbonyl (C=O) groups is 1. The summed E-state index contributed by atoms with van der Waals surface area (Å²) < 4.78 is 18.4. The van der Waals surface area contributed by atoms with Crippen LogP contribution >= 0.6 is 0 Å². The van der Waals surface area contributed by atoms with E-state index in [1.807, 2.05) is 39.8 Å². The summed E-state index contributed by atoms with van der Waals surface area (Å²) in [7, 11) is 0. The van der Waals surface area contributed by atoms with E-state index in [9.17, 15) is 4.79 Å². The number of likely N-dealkylation sites (tertiary alicyclic amines) is 1. The van der Waals surface area contributed by atoms with Gasteiger partial charge in [0, 0.05) is 62.3 Å². The van der Waals surface area contributed by atoms with Crippen LogP contribution in [0.5, 0.6) is 11.5 Å². The Morgan fingerprint density at radius 3 is 2.52 bits per heavy atom. The molecule has 0 bridgehead atoms. The van der Waals surface area contributed by atoms with Crippen LogP contribution in [0.4, 0.5) is 28.8 Å². The van der Waals surface area contributed by atoms with Crippen LogP contribution in [-0.4, -0.2) is 76.5 Å². The van der Waals surface area contributed by atoms with Gasteiger partial charge in [-0.15, -0.1) is 0 Å². The summed E-state index contributed by atoms with van der Waals surface area (Å²) in [6.07, 6.45) is 3.29. The molecule has 12 nitrogen and oxygen atoms in total. The molecule has 2 fully saturated rings. The van der Waals surface area contributed by atoms with E-state index in [4.69, 9.17) is 24.2 Å². The van der Waals surface area contributed by atoms with Crippen molar-refractivity contribution in [2.45, 2.75) is 19.4 Å². The highest BCUT2D eigenvalue weighted by Crippen LogP contribution is 2.36. The largest absolute Gasteiger partial charge is 0.454 e. The van der Waals surface area contributed by atoms with E-state index in [2.05, 4.69) is 32.7 Å². The molecule has 2 aromatic carbocycles. The lowest BCUT2D eigenvalue weighted by Crippen LogP contribution is -2.36. The number of amides is 1. The van der Waals surface area contributed by atoms with Gasteiger partial charge in [-0.1, -0.05) is 0 Å². The second-order valence-corrected chi connectivity index (χ2v) is 9.95. The monoisotopic (exact) mass is 542 g/mol. The van der Waals surface area contributed by atoms with Gasteiger partial charge < -0.3 is 39.2 Å². The first-order valence-electron chi connectivity index (χ1n) is 13.6. The summed E-state index contributed by atoms with van der Waals surface area (Å²) in [5, 5.41) is 6.75. The van der Waals surface area contributed by atoms with Crippen LogP contribution in [0.3, 0.4) is 0 Å². The number of aromatic nitrogens is 4. The fraction of sp³-hybridized carbons (Fsp3) is 0.357. The third-order valence-electron chi connectivity index (χ3n) is 7.38. The Bertz CT molecular complexity index is 1530. The van der Waals surface area contributed by atoms with Gasteiger partial charge in [-0.2, -0.15) is 9.97 Å². The maximum atomic E-state index is 12.1. The summed E-state index contributed by atoms with van der Waals surface area (Å²) in [5.41, 5.74) is 4.14. The quantitative estimate of drug-likeness (QED) is 0.342. The Kier molecular flexibility index (Phi) is 6.44. The highest BCUT2D eigenvalue weighted by molar-refractivity contribution is 5.87. The number of hydrogen-bond acceptors (Lipinski definition) is 10. The van der Waals surface area contributed by atoms with Gasteiger partial charge in [-0.3, -0.25) is 4.79 Å². The molecular weight excluding hydrogens is 512 g/mol. The zero-order valence-electron chi connectivity index (χ0n) is 22.0. The topological polar surface area (TPSA) is 119 Å². The number of fused-ring (bicyclic) bond motifs is 2. The third-order valence-corrected chi connectivity index (χ3v) is 7.38. The normalized spacial score (nSPS) is 16.6. The van der Waals surface area contributed by atoms with Crippen LogP contribution in [-0.2, 0) is 16.1 Å². The number of carbonyl (C=O) groups excluding carboxylic acids is 1. The molecule has 5 heterocycles. The van der Waals surface area contributed by atoms with Crippen molar-refractivity contribution in [2.75, 3.05) is 61.7 Å². The predicted octanol–water partition coefficient (Wildman–Crippen LogP) is 3.50. The zero-order chi connectivity index (χ0) is 26.9. The van der Waals surface area contributed by atoms with Crippen LogP contribution < -0.4 is 25.0 Å². The van der Waals surface area contributed by atoms with Crippen molar-refractivity contribution in [2.24, 2.45) is 0 Å². The molecule has 0 unspecified atom stereocenters. The van der Waals surface area contributed by atoms with Crippen molar-refractivity contribution < 1.29 is 19.0 Å². The highest BCUT2D eigenvalue weighted by Gasteiger charge is 2.21. The van der Waals surface area contributed by atoms with Gasteiger partial charge in [-0.05, 0) is 42.8 Å². The van der Waals surface area contributed by atoms with Gasteiger partial charge in [0.1, 0.15) is 0 Å². The van der Waals surface area contributed by atoms with Crippen molar-refractivity contribution in [3.05, 3.63) is 48.8 Å². The third kappa shape index (κ3) is 4.93. The number of nitrogens with one attached hydrogen (secondary N) is 2. The molecule has 40 heavy (non-hydrogen) atoms. The van der Waals surface area contributed by atoms with Crippen LogP contribution in [0.15, 0.2) is 48.8 Å². The molecule has 0 aliphatic carbocycles. The Morgan fingerprint density at radius 2 is 1.70 bits per heavy atom. The molecule has 2 N–H and O–H groups in total. The molecule has 0 atom stereocenters. The SMILES string of the molecule is O=C1CCCN1CCn1cnc2c(Nc3ccc4c(c3)OCO4)nc(Nc3ccc(N4CCOCC4)cc3)nc21. The average molecular weight is 543 g/mol. The second kappa shape index (κ2) is 10.5. The first-order valence-corrected chi connectivity index (χ1v) is 13.6. The van der Waals surface area contributed by atoms with Crippen molar-refractivity contribution in [1.29, 1.82) is 0 Å². The lowest BCUT2D eigenvalue weighted by Gasteiger charge is -2.28. The number of benzene rings is 2. The summed E-state index contributed by atoms with van der Waals surface area (Å²) in [6.45, 7) is 5.47. The minimum atomic E-state index is 0.201. The van der Waals surface area contributed by atoms with Gasteiger partial charge in [-0.25, -0.2) is 4.98 Å². The molecule has 0 spiro atoms. The predicted molar refractivity (Wildman–Crippen MR) is 150 cm³/mol. The maximum absolute atomic E-state index is 12.1. The Morgan fingerprint density at radius 1 is 0.875 bits per heavy atom. The van der Waals surface area contributed by atoms with Gasteiger partial charge >= 0.3 is 0 Å². The van der Waals surface area contributed by atoms with Crippen molar-refractivity contribution in [3.8, 4) is 11.5 Å². The molecule has 3 aliphatic heterocycles. The van der Waals surface area contributed by atoms with Crippen LogP contribution in [0, 0.1) is 0 Å². The molecule has 7 rings (SSSR count). The number of rotatable bonds is 8. The minimum absolute atomic E-state index is 0.201. The van der Waals surface area contributed by atoms with Crippen molar-refractivity contribution >= 4 is 45.9 Å². The van der Waals surface area contributed by atoms with Crippen molar-refractivity contribution in [1.82, 2.24) is 24.4 Å². The lowest BCUT2D eigenvalue weighted by atomic mass is 10.2. The average Bonchev–Trinajstić information content (AvgIpc) is 3.73. The fourth-order valence-electron chi connectivity index (χ4n) is 5.24. The highest BCUT2D eigenvalue weighted by atomic mass is 16.7. The van der Waals surface area contributed by atoms with E-state index < -0.39 is 0 Å². The molecule has 3 aliphatic rings. The molecule has 12 heteroatoms. The van der Waals surface area contributed by atoms with E-state index in [1.165, 1.54) is 0 Å². The van der Waals surface area contributed by atoms with E-state index in [0.29, 0.717) is 53.9 Å². The lowest BCUT2D eigenvalue weighted by molar-refractivity contribution is -0.127. The molecule has 0 radical (unpaired) electrons. The summed E-state index contributed by atoms with van der Waals surface area (Å²) in [4.78, 5) is 30.6. The molecule has 0 saturated carbocycles. The smallest absolute Gasteiger partial charge is 0.231 e. The van der Waals surface area contributed by atoms with E-state index in [-0.39, 0.29) is 12.7 Å². The summed E-state index contributed by atoms with van der Waals surface area (Å²) in [5.74, 6) is 2.59. The van der Waals surface area contributed by atoms with Crippen LogP contribution in [0.25, 0.3) is 11.2 Å². The number of ether oxygens (including phenoxy) is 3. The van der Waals surface area contributed by atoms with Crippen LogP contribution in [0.1, 0.15) is 12.8 Å². The van der Waals surface area contributed by atoms with Gasteiger partial charge in [0.05, 0.1) is 19.5 Å². The van der Waals surface area contributed by atoms with Gasteiger partial charge in [0.25, 0.3) is 0 Å². The number of anilines is 5. The molecule has 206 valence electrons. The molecule has 2 aromatic heterocycles. The molecular formula is C28H30N8O4. The standard InChI is InChI=1S/C28H30N8O4/c37-24-2-1-9-35(24)10-11-36-17-29-25-26(30-20-5-8-22-23(16-20)40-18-39-22)32-28(33-27(25)36)31-19-3-6-21(7-4-19)34-12-14-38-15-13-34/h3-8,16-17H,1-2,9-15,18H2,(H2,30,31,32,33).